The predicted molar refractivity (Wildman–Crippen MR) is 88.7 cm³/mol. The van der Waals surface area contributed by atoms with E-state index in [1.807, 2.05) is 24.3 Å². The zero-order valence-electron chi connectivity index (χ0n) is 12.0. The highest BCUT2D eigenvalue weighted by molar-refractivity contribution is 6.30. The molecule has 0 atom stereocenters. The largest absolute Gasteiger partial charge is 0.497 e. The lowest BCUT2D eigenvalue weighted by Gasteiger charge is -2.05. The molecule has 114 valence electrons. The summed E-state index contributed by atoms with van der Waals surface area (Å²) in [6.07, 6.45) is 1.57. The third-order valence-corrected chi connectivity index (χ3v) is 3.07. The number of hydrogen-bond acceptors (Lipinski definition) is 4. The van der Waals surface area contributed by atoms with E-state index in [0.717, 1.165) is 17.0 Å². The number of hydrogen-bond donors (Lipinski definition) is 2. The lowest BCUT2D eigenvalue weighted by molar-refractivity contribution is -0.119. The van der Waals surface area contributed by atoms with Crippen LogP contribution in [0.15, 0.2) is 53.6 Å². The van der Waals surface area contributed by atoms with Gasteiger partial charge in [-0.25, -0.2) is 5.43 Å². The van der Waals surface area contributed by atoms with Gasteiger partial charge in [-0.3, -0.25) is 4.79 Å². The fourth-order valence-corrected chi connectivity index (χ4v) is 1.78. The van der Waals surface area contributed by atoms with Gasteiger partial charge >= 0.3 is 0 Å². The van der Waals surface area contributed by atoms with Gasteiger partial charge < -0.3 is 10.1 Å². The fourth-order valence-electron chi connectivity index (χ4n) is 1.66. The van der Waals surface area contributed by atoms with Gasteiger partial charge in [0.05, 0.1) is 19.9 Å². The highest BCUT2D eigenvalue weighted by Crippen LogP contribution is 2.12. The highest BCUT2D eigenvalue weighted by atomic mass is 35.5. The number of halogens is 1. The fraction of sp³-hybridized carbons (Fsp3) is 0.125. The van der Waals surface area contributed by atoms with Crippen molar-refractivity contribution in [3.8, 4) is 5.75 Å². The topological polar surface area (TPSA) is 62.7 Å². The highest BCUT2D eigenvalue weighted by Gasteiger charge is 1.99. The first-order valence-corrected chi connectivity index (χ1v) is 7.00. The summed E-state index contributed by atoms with van der Waals surface area (Å²) < 4.78 is 5.06. The van der Waals surface area contributed by atoms with Crippen LogP contribution in [0.4, 0.5) is 5.69 Å². The Morgan fingerprint density at radius 3 is 2.50 bits per heavy atom. The molecule has 0 spiro atoms. The van der Waals surface area contributed by atoms with Gasteiger partial charge in [-0.15, -0.1) is 0 Å². The number of nitrogens with zero attached hydrogens (tertiary/aromatic N) is 1. The Morgan fingerprint density at radius 1 is 1.18 bits per heavy atom. The van der Waals surface area contributed by atoms with Crippen molar-refractivity contribution in [2.45, 2.75) is 0 Å². The summed E-state index contributed by atoms with van der Waals surface area (Å²) in [7, 11) is 1.61. The number of amides is 1. The first-order valence-electron chi connectivity index (χ1n) is 6.63. The summed E-state index contributed by atoms with van der Waals surface area (Å²) in [4.78, 5) is 11.6. The van der Waals surface area contributed by atoms with Crippen molar-refractivity contribution in [1.29, 1.82) is 0 Å². The smallest absolute Gasteiger partial charge is 0.259 e. The van der Waals surface area contributed by atoms with Gasteiger partial charge in [-0.2, -0.15) is 5.10 Å². The zero-order valence-corrected chi connectivity index (χ0v) is 12.8. The second-order valence-electron chi connectivity index (χ2n) is 4.43. The third kappa shape index (κ3) is 5.10. The van der Waals surface area contributed by atoms with Gasteiger partial charge in [0.2, 0.25) is 0 Å². The molecular weight excluding hydrogens is 302 g/mol. The van der Waals surface area contributed by atoms with Gasteiger partial charge in [0.1, 0.15) is 5.75 Å². The van der Waals surface area contributed by atoms with Crippen LogP contribution in [-0.4, -0.2) is 25.8 Å². The molecule has 22 heavy (non-hydrogen) atoms. The average Bonchev–Trinajstić information content (AvgIpc) is 2.55. The van der Waals surface area contributed by atoms with Crippen LogP contribution in [0.3, 0.4) is 0 Å². The standard InChI is InChI=1S/C16H16ClN3O2/c1-22-15-8-2-12(3-9-15)10-19-20-16(21)11-18-14-6-4-13(17)5-7-14/h2-10,18H,11H2,1H3,(H,20,21)/b19-10+. The van der Waals surface area contributed by atoms with Gasteiger partial charge in [-0.05, 0) is 54.1 Å². The number of nitrogens with one attached hydrogen (secondary N) is 2. The number of carbonyl (C=O) groups is 1. The van der Waals surface area contributed by atoms with Crippen LogP contribution in [0.5, 0.6) is 5.75 Å². The van der Waals surface area contributed by atoms with Crippen molar-refractivity contribution < 1.29 is 9.53 Å². The van der Waals surface area contributed by atoms with Crippen LogP contribution in [0.1, 0.15) is 5.56 Å². The third-order valence-electron chi connectivity index (χ3n) is 2.82. The molecule has 0 saturated carbocycles. The lowest BCUT2D eigenvalue weighted by Crippen LogP contribution is -2.25. The number of ether oxygens (including phenoxy) is 1. The molecule has 0 radical (unpaired) electrons. The molecule has 0 unspecified atom stereocenters. The molecule has 2 aromatic rings. The van der Waals surface area contributed by atoms with Crippen molar-refractivity contribution >= 4 is 29.4 Å². The Kier molecular flexibility index (Phi) is 5.80. The Morgan fingerprint density at radius 2 is 1.86 bits per heavy atom. The summed E-state index contributed by atoms with van der Waals surface area (Å²) in [5.74, 6) is 0.535. The molecule has 2 N–H and O–H groups in total. The van der Waals surface area contributed by atoms with E-state index in [4.69, 9.17) is 16.3 Å². The van der Waals surface area contributed by atoms with E-state index in [1.54, 1.807) is 37.6 Å². The van der Waals surface area contributed by atoms with Crippen molar-refractivity contribution in [3.63, 3.8) is 0 Å². The van der Waals surface area contributed by atoms with Crippen molar-refractivity contribution in [2.24, 2.45) is 5.10 Å². The molecule has 0 heterocycles. The minimum atomic E-state index is -0.236. The van der Waals surface area contributed by atoms with Crippen molar-refractivity contribution in [3.05, 3.63) is 59.1 Å². The minimum Gasteiger partial charge on any atom is -0.497 e. The van der Waals surface area contributed by atoms with E-state index in [9.17, 15) is 4.79 Å². The Balaban J connectivity index is 1.76. The normalized spacial score (nSPS) is 10.5. The first kappa shape index (κ1) is 15.9. The van der Waals surface area contributed by atoms with Gasteiger partial charge in [0.15, 0.2) is 0 Å². The molecular formula is C16H16ClN3O2. The summed E-state index contributed by atoms with van der Waals surface area (Å²) in [5, 5.41) is 7.52. The van der Waals surface area contributed by atoms with Crippen LogP contribution >= 0.6 is 11.6 Å². The van der Waals surface area contributed by atoms with E-state index in [0.29, 0.717) is 5.02 Å². The summed E-state index contributed by atoms with van der Waals surface area (Å²) >= 11 is 5.79. The second-order valence-corrected chi connectivity index (χ2v) is 4.86. The monoisotopic (exact) mass is 317 g/mol. The van der Waals surface area contributed by atoms with E-state index in [-0.39, 0.29) is 12.5 Å². The summed E-state index contributed by atoms with van der Waals surface area (Å²) in [6.45, 7) is 0.127. The second kappa shape index (κ2) is 8.05. The maximum Gasteiger partial charge on any atom is 0.259 e. The molecule has 2 aromatic carbocycles. The van der Waals surface area contributed by atoms with E-state index >= 15 is 0 Å². The molecule has 5 nitrogen and oxygen atoms in total. The van der Waals surface area contributed by atoms with E-state index < -0.39 is 0 Å². The van der Waals surface area contributed by atoms with Gasteiger partial charge in [0.25, 0.3) is 5.91 Å². The first-order chi connectivity index (χ1) is 10.7. The minimum absolute atomic E-state index is 0.127. The van der Waals surface area contributed by atoms with Gasteiger partial charge in [0, 0.05) is 10.7 Å². The molecule has 1 amide bonds. The molecule has 0 fully saturated rings. The maximum absolute atomic E-state index is 11.6. The van der Waals surface area contributed by atoms with Crippen LogP contribution in [0, 0.1) is 0 Å². The number of benzene rings is 2. The van der Waals surface area contributed by atoms with Crippen molar-refractivity contribution in [1.82, 2.24) is 5.43 Å². The maximum atomic E-state index is 11.6. The Labute approximate surface area is 133 Å². The molecule has 0 aliphatic rings. The van der Waals surface area contributed by atoms with Crippen LogP contribution in [0.25, 0.3) is 0 Å². The Hall–Kier alpha value is -2.53. The van der Waals surface area contributed by atoms with Crippen LogP contribution in [0.2, 0.25) is 5.02 Å². The van der Waals surface area contributed by atoms with Crippen molar-refractivity contribution in [2.75, 3.05) is 19.0 Å². The van der Waals surface area contributed by atoms with E-state index in [1.165, 1.54) is 0 Å². The molecule has 6 heteroatoms. The molecule has 0 bridgehead atoms. The molecule has 0 saturated heterocycles. The van der Waals surface area contributed by atoms with Crippen LogP contribution < -0.4 is 15.5 Å². The summed E-state index contributed by atoms with van der Waals surface area (Å²) in [5.41, 5.74) is 4.14. The molecule has 0 aliphatic heterocycles. The van der Waals surface area contributed by atoms with Gasteiger partial charge in [-0.1, -0.05) is 11.6 Å². The zero-order chi connectivity index (χ0) is 15.8. The number of rotatable bonds is 6. The quantitative estimate of drug-likeness (QED) is 0.636. The molecule has 2 rings (SSSR count). The van der Waals surface area contributed by atoms with E-state index in [2.05, 4.69) is 15.8 Å². The Bertz CT molecular complexity index is 639. The molecule has 0 aliphatic carbocycles. The van der Waals surface area contributed by atoms with Crippen LogP contribution in [-0.2, 0) is 4.79 Å². The average molecular weight is 318 g/mol. The number of methoxy groups -OCH3 is 1. The summed E-state index contributed by atoms with van der Waals surface area (Å²) in [6, 6.07) is 14.5. The molecule has 0 aromatic heterocycles. The number of carbonyl (C=O) groups excluding carboxylic acids is 1. The SMILES string of the molecule is COc1ccc(/C=N/NC(=O)CNc2ccc(Cl)cc2)cc1. The predicted octanol–water partition coefficient (Wildman–Crippen LogP) is 2.91. The number of hydrazone groups is 1. The number of anilines is 1. The lowest BCUT2D eigenvalue weighted by atomic mass is 10.2.